The zero-order chi connectivity index (χ0) is 27.0. The highest BCUT2D eigenvalue weighted by molar-refractivity contribution is 5.99. The van der Waals surface area contributed by atoms with Gasteiger partial charge in [-0.2, -0.15) is 0 Å². The van der Waals surface area contributed by atoms with E-state index in [0.717, 1.165) is 0 Å². The number of aliphatic imine (C=N–C) groups is 1. The van der Waals surface area contributed by atoms with Crippen LogP contribution < -0.4 is 35.3 Å². The SMILES string of the molecule is C=c1cc(OC)c(OC)c/c1=C(/N=CC)Oc1cccc(NC(=O)Nc2cc(C(C)(C)COC)no2)c1. The maximum atomic E-state index is 12.6. The molecular formula is C27H32N4O6. The number of methoxy groups -OCH3 is 3. The maximum absolute atomic E-state index is 12.6. The monoisotopic (exact) mass is 508 g/mol. The predicted octanol–water partition coefficient (Wildman–Crippen LogP) is 3.91. The van der Waals surface area contributed by atoms with Crippen molar-refractivity contribution in [3.63, 3.8) is 0 Å². The minimum Gasteiger partial charge on any atom is -0.493 e. The lowest BCUT2D eigenvalue weighted by atomic mass is 9.91. The molecule has 0 unspecified atom stereocenters. The zero-order valence-electron chi connectivity index (χ0n) is 21.9. The molecule has 1 heterocycles. The summed E-state index contributed by atoms with van der Waals surface area (Å²) in [5.41, 5.74) is 0.799. The number of anilines is 2. The normalized spacial score (nSPS) is 12.3. The molecule has 0 saturated heterocycles. The Kier molecular flexibility index (Phi) is 8.91. The second kappa shape index (κ2) is 12.1. The molecule has 0 radical (unpaired) electrons. The molecule has 1 aromatic heterocycles. The molecule has 0 aliphatic rings. The van der Waals surface area contributed by atoms with Crippen LogP contribution >= 0.6 is 0 Å². The summed E-state index contributed by atoms with van der Waals surface area (Å²) in [6.45, 7) is 10.2. The van der Waals surface area contributed by atoms with Crippen molar-refractivity contribution in [2.75, 3.05) is 38.6 Å². The standard InChI is InChI=1S/C27H32N4O6/c1-8-28-25(20-14-22(35-7)21(34-6)12-17(20)2)36-19-11-9-10-18(13-19)29-26(32)30-24-15-23(31-37-24)27(3,4)16-33-5/h8-15H,2,16H2,1,3-7H3,(H2,29,30,32)/b25-20+,28-8?. The highest BCUT2D eigenvalue weighted by Gasteiger charge is 2.25. The highest BCUT2D eigenvalue weighted by Crippen LogP contribution is 2.26. The van der Waals surface area contributed by atoms with Crippen LogP contribution in [0.25, 0.3) is 12.5 Å². The van der Waals surface area contributed by atoms with Gasteiger partial charge in [0.25, 0.3) is 0 Å². The average Bonchev–Trinajstić information content (AvgIpc) is 3.33. The number of nitrogens with one attached hydrogen (secondary N) is 2. The molecule has 196 valence electrons. The number of carbonyl (C=O) groups excluding carboxylic acids is 1. The van der Waals surface area contributed by atoms with Gasteiger partial charge in [0.15, 0.2) is 11.5 Å². The quantitative estimate of drug-likeness (QED) is 0.399. The third-order valence-corrected chi connectivity index (χ3v) is 5.34. The van der Waals surface area contributed by atoms with Crippen LogP contribution in [0.15, 0.2) is 52.0 Å². The number of carbonyl (C=O) groups is 1. The van der Waals surface area contributed by atoms with E-state index in [2.05, 4.69) is 27.4 Å². The van der Waals surface area contributed by atoms with Gasteiger partial charge in [-0.3, -0.25) is 5.32 Å². The molecule has 0 atom stereocenters. The summed E-state index contributed by atoms with van der Waals surface area (Å²) in [5, 5.41) is 10.7. The first-order valence-electron chi connectivity index (χ1n) is 11.5. The fourth-order valence-electron chi connectivity index (χ4n) is 3.50. The van der Waals surface area contributed by atoms with Gasteiger partial charge in [-0.1, -0.05) is 31.6 Å². The van der Waals surface area contributed by atoms with Crippen LogP contribution in [-0.4, -0.2) is 45.3 Å². The number of ether oxygens (including phenoxy) is 4. The predicted molar refractivity (Wildman–Crippen MR) is 143 cm³/mol. The van der Waals surface area contributed by atoms with E-state index in [0.29, 0.717) is 51.6 Å². The Balaban J connectivity index is 1.79. The van der Waals surface area contributed by atoms with Crippen molar-refractivity contribution in [3.8, 4) is 17.2 Å². The Labute approximate surface area is 215 Å². The molecule has 0 aliphatic carbocycles. The number of urea groups is 1. The summed E-state index contributed by atoms with van der Waals surface area (Å²) in [7, 11) is 4.72. The molecule has 3 rings (SSSR count). The summed E-state index contributed by atoms with van der Waals surface area (Å²) in [6, 6.07) is 11.6. The van der Waals surface area contributed by atoms with Crippen molar-refractivity contribution < 1.29 is 28.3 Å². The third-order valence-electron chi connectivity index (χ3n) is 5.34. The van der Waals surface area contributed by atoms with Gasteiger partial charge in [0.2, 0.25) is 11.8 Å². The van der Waals surface area contributed by atoms with Gasteiger partial charge in [0.1, 0.15) is 5.75 Å². The number of nitrogens with zero attached hydrogens (tertiary/aromatic N) is 2. The third kappa shape index (κ3) is 6.89. The number of aromatic nitrogens is 1. The molecule has 10 heteroatoms. The molecule has 3 aromatic rings. The van der Waals surface area contributed by atoms with Crippen molar-refractivity contribution >= 4 is 36.3 Å². The van der Waals surface area contributed by atoms with Gasteiger partial charge in [-0.15, -0.1) is 0 Å². The van der Waals surface area contributed by atoms with E-state index in [1.807, 2.05) is 13.8 Å². The van der Waals surface area contributed by atoms with Crippen molar-refractivity contribution in [1.29, 1.82) is 0 Å². The Morgan fingerprint density at radius 1 is 1.11 bits per heavy atom. The van der Waals surface area contributed by atoms with Crippen LogP contribution in [0.3, 0.4) is 0 Å². The van der Waals surface area contributed by atoms with E-state index in [9.17, 15) is 4.79 Å². The van der Waals surface area contributed by atoms with Crippen LogP contribution in [0.5, 0.6) is 17.2 Å². The van der Waals surface area contributed by atoms with Crippen LogP contribution in [0, 0.1) is 0 Å². The van der Waals surface area contributed by atoms with Crippen molar-refractivity contribution in [3.05, 3.63) is 58.6 Å². The summed E-state index contributed by atoms with van der Waals surface area (Å²) in [4.78, 5) is 16.9. The summed E-state index contributed by atoms with van der Waals surface area (Å²) in [6.07, 6.45) is 1.61. The second-order valence-corrected chi connectivity index (χ2v) is 8.66. The first-order chi connectivity index (χ1) is 17.7. The van der Waals surface area contributed by atoms with E-state index >= 15 is 0 Å². The Morgan fingerprint density at radius 3 is 2.51 bits per heavy atom. The second-order valence-electron chi connectivity index (χ2n) is 8.66. The van der Waals surface area contributed by atoms with E-state index in [1.54, 1.807) is 76.9 Å². The fraction of sp³-hybridized carbons (Fsp3) is 0.296. The van der Waals surface area contributed by atoms with E-state index < -0.39 is 6.03 Å². The smallest absolute Gasteiger partial charge is 0.326 e. The first kappa shape index (κ1) is 27.3. The molecule has 0 bridgehead atoms. The summed E-state index contributed by atoms with van der Waals surface area (Å²) in [5.74, 6) is 2.05. The molecular weight excluding hydrogens is 476 g/mol. The van der Waals surface area contributed by atoms with Crippen LogP contribution in [0.2, 0.25) is 0 Å². The van der Waals surface area contributed by atoms with Gasteiger partial charge in [-0.05, 0) is 36.4 Å². The van der Waals surface area contributed by atoms with Gasteiger partial charge in [0, 0.05) is 41.8 Å². The van der Waals surface area contributed by atoms with E-state index in [4.69, 9.17) is 23.5 Å². The number of amides is 2. The van der Waals surface area contributed by atoms with Crippen LogP contribution in [-0.2, 0) is 10.2 Å². The average molecular weight is 509 g/mol. The Morgan fingerprint density at radius 2 is 1.84 bits per heavy atom. The Hall–Kier alpha value is -4.31. The highest BCUT2D eigenvalue weighted by atomic mass is 16.5. The fourth-order valence-corrected chi connectivity index (χ4v) is 3.50. The lowest BCUT2D eigenvalue weighted by Gasteiger charge is -2.19. The molecule has 0 saturated carbocycles. The van der Waals surface area contributed by atoms with Gasteiger partial charge < -0.3 is 28.8 Å². The number of benzene rings is 2. The lowest BCUT2D eigenvalue weighted by Crippen LogP contribution is -2.27. The molecule has 0 fully saturated rings. The largest absolute Gasteiger partial charge is 0.493 e. The molecule has 2 amide bonds. The van der Waals surface area contributed by atoms with Gasteiger partial charge in [-0.25, -0.2) is 9.79 Å². The minimum absolute atomic E-state index is 0.216. The van der Waals surface area contributed by atoms with Crippen molar-refractivity contribution in [2.24, 2.45) is 4.99 Å². The van der Waals surface area contributed by atoms with Crippen LogP contribution in [0.4, 0.5) is 16.4 Å². The maximum Gasteiger partial charge on any atom is 0.326 e. The molecule has 10 nitrogen and oxygen atoms in total. The minimum atomic E-state index is -0.500. The Bertz CT molecular complexity index is 1380. The molecule has 0 spiro atoms. The molecule has 2 aromatic carbocycles. The molecule has 2 N–H and O–H groups in total. The topological polar surface area (TPSA) is 116 Å². The zero-order valence-corrected chi connectivity index (χ0v) is 21.9. The van der Waals surface area contributed by atoms with E-state index in [1.165, 1.54) is 0 Å². The summed E-state index contributed by atoms with van der Waals surface area (Å²) >= 11 is 0. The molecule has 0 aliphatic heterocycles. The summed E-state index contributed by atoms with van der Waals surface area (Å²) < 4.78 is 27.3. The number of hydrogen-bond acceptors (Lipinski definition) is 8. The van der Waals surface area contributed by atoms with Crippen molar-refractivity contribution in [2.45, 2.75) is 26.2 Å². The van der Waals surface area contributed by atoms with Crippen molar-refractivity contribution in [1.82, 2.24) is 5.16 Å². The van der Waals surface area contributed by atoms with Crippen LogP contribution in [0.1, 0.15) is 26.5 Å². The van der Waals surface area contributed by atoms with Gasteiger partial charge >= 0.3 is 6.03 Å². The number of rotatable bonds is 10. The van der Waals surface area contributed by atoms with E-state index in [-0.39, 0.29) is 11.3 Å². The number of hydrogen-bond donors (Lipinski definition) is 2. The lowest BCUT2D eigenvalue weighted by molar-refractivity contribution is 0.142. The molecule has 37 heavy (non-hydrogen) atoms. The first-order valence-corrected chi connectivity index (χ1v) is 11.5. The van der Waals surface area contributed by atoms with Gasteiger partial charge in [0.05, 0.1) is 26.5 Å².